The van der Waals surface area contributed by atoms with Crippen LogP contribution in [0.15, 0.2) is 35.7 Å². The van der Waals surface area contributed by atoms with E-state index in [2.05, 4.69) is 11.4 Å². The highest BCUT2D eigenvalue weighted by molar-refractivity contribution is 7.09. The summed E-state index contributed by atoms with van der Waals surface area (Å²) < 4.78 is 10.8. The molecule has 2 aromatic rings. The zero-order valence-electron chi connectivity index (χ0n) is 9.68. The predicted octanol–water partition coefficient (Wildman–Crippen LogP) is 2.96. The number of hydrogen-bond donors (Lipinski definition) is 1. The molecule has 2 rings (SSSR count). The molecule has 0 atom stereocenters. The van der Waals surface area contributed by atoms with Crippen LogP contribution in [0.5, 0.6) is 11.5 Å². The van der Waals surface area contributed by atoms with Crippen molar-refractivity contribution in [2.75, 3.05) is 19.5 Å². The van der Waals surface area contributed by atoms with Gasteiger partial charge >= 0.3 is 0 Å². The second-order valence-corrected chi connectivity index (χ2v) is 4.65. The molecule has 1 aromatic heterocycles. The number of ether oxygens (including phenoxy) is 2. The fourth-order valence-electron chi connectivity index (χ4n) is 1.52. The molecule has 3 nitrogen and oxygen atoms in total. The van der Waals surface area contributed by atoms with E-state index in [9.17, 15) is 0 Å². The third-order valence-electron chi connectivity index (χ3n) is 2.34. The van der Waals surface area contributed by atoms with Gasteiger partial charge in [-0.25, -0.2) is 0 Å². The maximum atomic E-state index is 5.74. The van der Waals surface area contributed by atoms with E-state index in [1.54, 1.807) is 30.6 Å². The lowest BCUT2D eigenvalue weighted by Gasteiger charge is -2.08. The summed E-state index contributed by atoms with van der Waals surface area (Å²) in [6.45, 7) is 0.646. The van der Waals surface area contributed by atoms with Gasteiger partial charge in [0.15, 0.2) is 0 Å². The molecule has 1 heterocycles. The van der Waals surface area contributed by atoms with Crippen LogP contribution in [0, 0.1) is 0 Å². The van der Waals surface area contributed by atoms with Crippen molar-refractivity contribution >= 4 is 17.0 Å². The molecule has 0 unspecified atom stereocenters. The van der Waals surface area contributed by atoms with E-state index in [1.807, 2.05) is 12.1 Å². The van der Waals surface area contributed by atoms with Gasteiger partial charge in [0.2, 0.25) is 0 Å². The Morgan fingerprint density at radius 3 is 2.76 bits per heavy atom. The Balaban J connectivity index is 1.92. The van der Waals surface area contributed by atoms with Crippen LogP contribution < -0.4 is 15.2 Å². The topological polar surface area (TPSA) is 44.5 Å². The first kappa shape index (κ1) is 11.8. The van der Waals surface area contributed by atoms with Crippen molar-refractivity contribution in [3.05, 3.63) is 40.6 Å². The highest BCUT2D eigenvalue weighted by atomic mass is 32.1. The van der Waals surface area contributed by atoms with Gasteiger partial charge < -0.3 is 15.2 Å². The molecule has 0 aliphatic rings. The van der Waals surface area contributed by atoms with Crippen molar-refractivity contribution in [2.45, 2.75) is 6.42 Å². The fourth-order valence-corrected chi connectivity index (χ4v) is 2.21. The summed E-state index contributed by atoms with van der Waals surface area (Å²) in [7, 11) is 1.62. The van der Waals surface area contributed by atoms with Crippen LogP contribution in [-0.2, 0) is 6.42 Å². The summed E-state index contributed by atoms with van der Waals surface area (Å²) in [6, 6.07) is 9.56. The molecular weight excluding hydrogens is 234 g/mol. The average Bonchev–Trinajstić information content (AvgIpc) is 2.81. The minimum absolute atomic E-state index is 0.646. The minimum Gasteiger partial charge on any atom is -0.497 e. The van der Waals surface area contributed by atoms with Gasteiger partial charge in [-0.3, -0.25) is 0 Å². The quantitative estimate of drug-likeness (QED) is 0.829. The highest BCUT2D eigenvalue weighted by Crippen LogP contribution is 2.24. The molecule has 0 amide bonds. The normalized spacial score (nSPS) is 10.2. The van der Waals surface area contributed by atoms with Crippen LogP contribution in [0.25, 0.3) is 0 Å². The molecule has 90 valence electrons. The van der Waals surface area contributed by atoms with Gasteiger partial charge in [0, 0.05) is 35.2 Å². The zero-order valence-corrected chi connectivity index (χ0v) is 10.5. The summed E-state index contributed by atoms with van der Waals surface area (Å²) in [6.07, 6.45) is 0.911. The second kappa shape index (κ2) is 5.59. The van der Waals surface area contributed by atoms with Crippen LogP contribution in [0.2, 0.25) is 0 Å². The van der Waals surface area contributed by atoms with E-state index < -0.39 is 0 Å². The number of methoxy groups -OCH3 is 1. The van der Waals surface area contributed by atoms with E-state index in [0.717, 1.165) is 17.9 Å². The molecule has 0 saturated heterocycles. The molecule has 0 bridgehead atoms. The number of anilines is 1. The SMILES string of the molecule is COc1cc(N)cc(OCCc2cccs2)c1. The molecule has 0 radical (unpaired) electrons. The standard InChI is InChI=1S/C13H15NO2S/c1-15-11-7-10(14)8-12(9-11)16-5-4-13-3-2-6-17-13/h2-3,6-9H,4-5,14H2,1H3. The van der Waals surface area contributed by atoms with E-state index >= 15 is 0 Å². The third kappa shape index (κ3) is 3.39. The van der Waals surface area contributed by atoms with Gasteiger partial charge in [0.05, 0.1) is 13.7 Å². The Bertz CT molecular complexity index is 468. The van der Waals surface area contributed by atoms with Crippen LogP contribution in [0.1, 0.15) is 4.88 Å². The van der Waals surface area contributed by atoms with Crippen molar-refractivity contribution in [3.8, 4) is 11.5 Å². The average molecular weight is 249 g/mol. The smallest absolute Gasteiger partial charge is 0.125 e. The number of benzene rings is 1. The van der Waals surface area contributed by atoms with Crippen molar-refractivity contribution in [1.82, 2.24) is 0 Å². The Kier molecular flexibility index (Phi) is 3.88. The summed E-state index contributed by atoms with van der Waals surface area (Å²) in [5.74, 6) is 1.47. The predicted molar refractivity (Wildman–Crippen MR) is 70.9 cm³/mol. The largest absolute Gasteiger partial charge is 0.497 e. The van der Waals surface area contributed by atoms with Gasteiger partial charge in [-0.1, -0.05) is 6.07 Å². The van der Waals surface area contributed by atoms with Crippen LogP contribution in [0.3, 0.4) is 0 Å². The van der Waals surface area contributed by atoms with Gasteiger partial charge in [0.25, 0.3) is 0 Å². The third-order valence-corrected chi connectivity index (χ3v) is 3.27. The first-order valence-electron chi connectivity index (χ1n) is 5.37. The molecule has 0 aliphatic carbocycles. The maximum Gasteiger partial charge on any atom is 0.125 e. The Hall–Kier alpha value is -1.68. The summed E-state index contributed by atoms with van der Waals surface area (Å²) >= 11 is 1.74. The molecular formula is C13H15NO2S. The lowest BCUT2D eigenvalue weighted by molar-refractivity contribution is 0.320. The van der Waals surface area contributed by atoms with Crippen LogP contribution in [-0.4, -0.2) is 13.7 Å². The van der Waals surface area contributed by atoms with E-state index in [0.29, 0.717) is 12.3 Å². The fraction of sp³-hybridized carbons (Fsp3) is 0.231. The Morgan fingerprint density at radius 2 is 2.06 bits per heavy atom. The maximum absolute atomic E-state index is 5.74. The zero-order chi connectivity index (χ0) is 12.1. The Labute approximate surface area is 105 Å². The minimum atomic E-state index is 0.646. The monoisotopic (exact) mass is 249 g/mol. The van der Waals surface area contributed by atoms with Crippen LogP contribution >= 0.6 is 11.3 Å². The molecule has 2 N–H and O–H groups in total. The number of thiophene rings is 1. The van der Waals surface area contributed by atoms with Crippen molar-refractivity contribution in [3.63, 3.8) is 0 Å². The molecule has 0 aliphatic heterocycles. The van der Waals surface area contributed by atoms with Crippen molar-refractivity contribution < 1.29 is 9.47 Å². The lowest BCUT2D eigenvalue weighted by Crippen LogP contribution is -2.01. The first-order chi connectivity index (χ1) is 8.28. The lowest BCUT2D eigenvalue weighted by atomic mass is 10.3. The van der Waals surface area contributed by atoms with Gasteiger partial charge in [-0.05, 0) is 11.4 Å². The van der Waals surface area contributed by atoms with Crippen molar-refractivity contribution in [1.29, 1.82) is 0 Å². The first-order valence-corrected chi connectivity index (χ1v) is 6.25. The van der Waals surface area contributed by atoms with E-state index in [4.69, 9.17) is 15.2 Å². The van der Waals surface area contributed by atoms with Crippen molar-refractivity contribution in [2.24, 2.45) is 0 Å². The molecule has 0 saturated carbocycles. The van der Waals surface area contributed by atoms with Gasteiger partial charge in [0.1, 0.15) is 11.5 Å². The van der Waals surface area contributed by atoms with Crippen LogP contribution in [0.4, 0.5) is 5.69 Å². The van der Waals surface area contributed by atoms with Gasteiger partial charge in [-0.15, -0.1) is 11.3 Å². The molecule has 17 heavy (non-hydrogen) atoms. The second-order valence-electron chi connectivity index (χ2n) is 3.62. The van der Waals surface area contributed by atoms with Gasteiger partial charge in [-0.2, -0.15) is 0 Å². The highest BCUT2D eigenvalue weighted by Gasteiger charge is 2.01. The number of nitrogens with two attached hydrogens (primary N) is 1. The number of rotatable bonds is 5. The molecule has 0 spiro atoms. The summed E-state index contributed by atoms with van der Waals surface area (Å²) in [5.41, 5.74) is 6.39. The van der Waals surface area contributed by atoms with E-state index in [-0.39, 0.29) is 0 Å². The summed E-state index contributed by atoms with van der Waals surface area (Å²) in [4.78, 5) is 1.32. The summed E-state index contributed by atoms with van der Waals surface area (Å²) in [5, 5.41) is 2.07. The molecule has 4 heteroatoms. The van der Waals surface area contributed by atoms with E-state index in [1.165, 1.54) is 4.88 Å². The molecule has 1 aromatic carbocycles. The number of nitrogen functional groups attached to an aromatic ring is 1. The Morgan fingerprint density at radius 1 is 1.24 bits per heavy atom. The molecule has 0 fully saturated rings. The number of hydrogen-bond acceptors (Lipinski definition) is 4.